The van der Waals surface area contributed by atoms with Crippen molar-refractivity contribution in [1.29, 1.82) is 5.26 Å². The molecule has 0 amide bonds. The number of nitrogens with zero attached hydrogens (tertiary/aromatic N) is 2. The van der Waals surface area contributed by atoms with E-state index >= 15 is 0 Å². The van der Waals surface area contributed by atoms with Gasteiger partial charge in [-0.15, -0.1) is 0 Å². The molecular formula is C15H18BrN3. The molecule has 2 fully saturated rings. The maximum Gasteiger partial charge on any atom is 0.0992 e. The van der Waals surface area contributed by atoms with Gasteiger partial charge in [-0.3, -0.25) is 0 Å². The Balaban J connectivity index is 1.82. The maximum atomic E-state index is 9.11. The average molecular weight is 320 g/mol. The van der Waals surface area contributed by atoms with E-state index in [1.165, 1.54) is 31.4 Å². The molecule has 1 N–H and O–H groups in total. The van der Waals surface area contributed by atoms with Crippen molar-refractivity contribution in [2.45, 2.75) is 37.8 Å². The summed E-state index contributed by atoms with van der Waals surface area (Å²) in [5, 5.41) is 12.7. The van der Waals surface area contributed by atoms with E-state index in [4.69, 9.17) is 5.26 Å². The Morgan fingerprint density at radius 2 is 2.16 bits per heavy atom. The number of nitrogens with one attached hydrogen (secondary N) is 1. The number of hydrogen-bond acceptors (Lipinski definition) is 3. The largest absolute Gasteiger partial charge is 0.367 e. The number of hydrogen-bond donors (Lipinski definition) is 1. The quantitative estimate of drug-likeness (QED) is 0.927. The SMILES string of the molecule is N#Cc1cc(Br)cc(N(CC2CCCN2)C2CC2)c1. The van der Waals surface area contributed by atoms with E-state index in [0.29, 0.717) is 12.1 Å². The smallest absolute Gasteiger partial charge is 0.0992 e. The van der Waals surface area contributed by atoms with Crippen LogP contribution in [-0.2, 0) is 0 Å². The molecule has 3 rings (SSSR count). The highest BCUT2D eigenvalue weighted by Crippen LogP contribution is 2.34. The molecule has 100 valence electrons. The van der Waals surface area contributed by atoms with E-state index in [1.807, 2.05) is 12.1 Å². The number of rotatable bonds is 4. The average Bonchev–Trinajstić information content (AvgIpc) is 3.12. The molecule has 0 spiro atoms. The second-order valence-corrected chi connectivity index (χ2v) is 6.40. The van der Waals surface area contributed by atoms with Gasteiger partial charge in [0.1, 0.15) is 0 Å². The highest BCUT2D eigenvalue weighted by molar-refractivity contribution is 9.10. The first-order valence-corrected chi connectivity index (χ1v) is 7.76. The van der Waals surface area contributed by atoms with E-state index < -0.39 is 0 Å². The van der Waals surface area contributed by atoms with Crippen molar-refractivity contribution >= 4 is 21.6 Å². The Kier molecular flexibility index (Phi) is 3.76. The lowest BCUT2D eigenvalue weighted by Crippen LogP contribution is -2.39. The molecule has 0 aromatic heterocycles. The van der Waals surface area contributed by atoms with Crippen LogP contribution < -0.4 is 10.2 Å². The summed E-state index contributed by atoms with van der Waals surface area (Å²) in [6.07, 6.45) is 5.11. The van der Waals surface area contributed by atoms with Crippen LogP contribution >= 0.6 is 15.9 Å². The maximum absolute atomic E-state index is 9.11. The van der Waals surface area contributed by atoms with Gasteiger partial charge < -0.3 is 10.2 Å². The van der Waals surface area contributed by atoms with Gasteiger partial charge in [-0.2, -0.15) is 5.26 Å². The molecule has 1 saturated carbocycles. The van der Waals surface area contributed by atoms with Gasteiger partial charge >= 0.3 is 0 Å². The first-order chi connectivity index (χ1) is 9.26. The lowest BCUT2D eigenvalue weighted by atomic mass is 10.1. The number of anilines is 1. The van der Waals surface area contributed by atoms with Crippen molar-refractivity contribution in [3.05, 3.63) is 28.2 Å². The first kappa shape index (κ1) is 13.0. The van der Waals surface area contributed by atoms with Gasteiger partial charge in [0.2, 0.25) is 0 Å². The molecule has 2 aliphatic rings. The normalized spacial score (nSPS) is 22.2. The van der Waals surface area contributed by atoms with E-state index in [9.17, 15) is 0 Å². The number of halogens is 1. The highest BCUT2D eigenvalue weighted by Gasteiger charge is 2.31. The zero-order chi connectivity index (χ0) is 13.2. The summed E-state index contributed by atoms with van der Waals surface area (Å²) in [7, 11) is 0. The van der Waals surface area contributed by atoms with Crippen LogP contribution in [0.2, 0.25) is 0 Å². The predicted octanol–water partition coefficient (Wildman–Crippen LogP) is 3.04. The minimum absolute atomic E-state index is 0.602. The molecule has 1 atom stereocenters. The zero-order valence-corrected chi connectivity index (χ0v) is 12.5. The van der Waals surface area contributed by atoms with E-state index in [1.54, 1.807) is 0 Å². The van der Waals surface area contributed by atoms with E-state index in [2.05, 4.69) is 38.3 Å². The summed E-state index contributed by atoms with van der Waals surface area (Å²) in [6, 6.07) is 9.54. The van der Waals surface area contributed by atoms with Crippen LogP contribution in [0.3, 0.4) is 0 Å². The van der Waals surface area contributed by atoms with Gasteiger partial charge in [0, 0.05) is 28.8 Å². The monoisotopic (exact) mass is 319 g/mol. The van der Waals surface area contributed by atoms with E-state index in [-0.39, 0.29) is 0 Å². The highest BCUT2D eigenvalue weighted by atomic mass is 79.9. The summed E-state index contributed by atoms with van der Waals surface area (Å²) in [5.74, 6) is 0. The van der Waals surface area contributed by atoms with Crippen LogP contribution in [0.15, 0.2) is 22.7 Å². The van der Waals surface area contributed by atoms with Crippen LogP contribution in [0.5, 0.6) is 0 Å². The molecule has 0 radical (unpaired) electrons. The van der Waals surface area contributed by atoms with Gasteiger partial charge in [-0.05, 0) is 50.4 Å². The summed E-state index contributed by atoms with van der Waals surface area (Å²) >= 11 is 3.51. The van der Waals surface area contributed by atoms with Crippen molar-refractivity contribution < 1.29 is 0 Å². The molecule has 0 bridgehead atoms. The molecule has 1 aromatic rings. The molecule has 3 nitrogen and oxygen atoms in total. The molecule has 19 heavy (non-hydrogen) atoms. The van der Waals surface area contributed by atoms with Crippen molar-refractivity contribution in [1.82, 2.24) is 5.32 Å². The lowest BCUT2D eigenvalue weighted by molar-refractivity contribution is 0.578. The second kappa shape index (κ2) is 5.52. The summed E-state index contributed by atoms with van der Waals surface area (Å²) in [6.45, 7) is 2.21. The first-order valence-electron chi connectivity index (χ1n) is 6.97. The Bertz CT molecular complexity index is 499. The molecule has 1 aliphatic heterocycles. The topological polar surface area (TPSA) is 39.1 Å². The molecule has 1 heterocycles. The van der Waals surface area contributed by atoms with Crippen molar-refractivity contribution in [2.75, 3.05) is 18.0 Å². The van der Waals surface area contributed by atoms with Crippen molar-refractivity contribution in [2.24, 2.45) is 0 Å². The Labute approximate surface area is 122 Å². The minimum atomic E-state index is 0.602. The molecule has 4 heteroatoms. The Morgan fingerprint density at radius 3 is 2.79 bits per heavy atom. The Morgan fingerprint density at radius 1 is 1.32 bits per heavy atom. The summed E-state index contributed by atoms with van der Waals surface area (Å²) < 4.78 is 0.992. The number of nitriles is 1. The van der Waals surface area contributed by atoms with Gasteiger partial charge in [-0.1, -0.05) is 15.9 Å². The van der Waals surface area contributed by atoms with Gasteiger partial charge in [0.25, 0.3) is 0 Å². The Hall–Kier alpha value is -1.05. The van der Waals surface area contributed by atoms with Crippen LogP contribution in [0.4, 0.5) is 5.69 Å². The van der Waals surface area contributed by atoms with Gasteiger partial charge in [0.15, 0.2) is 0 Å². The van der Waals surface area contributed by atoms with Crippen molar-refractivity contribution in [3.63, 3.8) is 0 Å². The standard InChI is InChI=1S/C15H18BrN3/c16-12-6-11(9-17)7-15(8-12)19(14-3-4-14)10-13-2-1-5-18-13/h6-8,13-14,18H,1-5,10H2. The fourth-order valence-corrected chi connectivity index (χ4v) is 3.29. The minimum Gasteiger partial charge on any atom is -0.367 e. The van der Waals surface area contributed by atoms with Gasteiger partial charge in [0.05, 0.1) is 11.6 Å². The van der Waals surface area contributed by atoms with Gasteiger partial charge in [-0.25, -0.2) is 0 Å². The lowest BCUT2D eigenvalue weighted by Gasteiger charge is -2.28. The number of benzene rings is 1. The van der Waals surface area contributed by atoms with Crippen LogP contribution in [0.1, 0.15) is 31.2 Å². The summed E-state index contributed by atoms with van der Waals surface area (Å²) in [4.78, 5) is 2.48. The van der Waals surface area contributed by atoms with Crippen LogP contribution in [-0.4, -0.2) is 25.2 Å². The second-order valence-electron chi connectivity index (χ2n) is 5.49. The predicted molar refractivity (Wildman–Crippen MR) is 80.2 cm³/mol. The molecular weight excluding hydrogens is 302 g/mol. The summed E-state index contributed by atoms with van der Waals surface area (Å²) in [5.41, 5.74) is 1.91. The molecule has 1 saturated heterocycles. The molecule has 1 unspecified atom stereocenters. The third-order valence-electron chi connectivity index (χ3n) is 3.91. The third kappa shape index (κ3) is 3.10. The fourth-order valence-electron chi connectivity index (χ4n) is 2.81. The van der Waals surface area contributed by atoms with Crippen LogP contribution in [0, 0.1) is 11.3 Å². The zero-order valence-electron chi connectivity index (χ0n) is 10.9. The molecule has 1 aromatic carbocycles. The van der Waals surface area contributed by atoms with Crippen molar-refractivity contribution in [3.8, 4) is 6.07 Å². The third-order valence-corrected chi connectivity index (χ3v) is 4.37. The van der Waals surface area contributed by atoms with E-state index in [0.717, 1.165) is 23.1 Å². The molecule has 1 aliphatic carbocycles. The van der Waals surface area contributed by atoms with Crippen LogP contribution in [0.25, 0.3) is 0 Å². The fraction of sp³-hybridized carbons (Fsp3) is 0.533.